The fraction of sp³-hybridized carbons (Fsp3) is 0.261. The molecule has 8 heteroatoms. The van der Waals surface area contributed by atoms with Crippen LogP contribution >= 0.6 is 0 Å². The van der Waals surface area contributed by atoms with Crippen LogP contribution in [-0.2, 0) is 6.54 Å². The lowest BCUT2D eigenvalue weighted by Crippen LogP contribution is -2.37. The van der Waals surface area contributed by atoms with Crippen molar-refractivity contribution in [3.8, 4) is 0 Å². The molecule has 1 aliphatic heterocycles. The number of benzene rings is 1. The molecule has 3 aromatic heterocycles. The van der Waals surface area contributed by atoms with Crippen molar-refractivity contribution in [3.63, 3.8) is 0 Å². The molecule has 0 atom stereocenters. The van der Waals surface area contributed by atoms with Crippen LogP contribution in [0.2, 0.25) is 0 Å². The highest BCUT2D eigenvalue weighted by Gasteiger charge is 2.28. The number of likely N-dealkylation sites (tertiary alicyclic amines) is 1. The monoisotopic (exact) mass is 418 g/mol. The van der Waals surface area contributed by atoms with Gasteiger partial charge in [-0.25, -0.2) is 0 Å². The van der Waals surface area contributed by atoms with E-state index >= 15 is 0 Å². The van der Waals surface area contributed by atoms with Crippen LogP contribution in [0, 0.1) is 0 Å². The minimum Gasteiger partial charge on any atom is -0.467 e. The summed E-state index contributed by atoms with van der Waals surface area (Å²) in [7, 11) is 0. The largest absolute Gasteiger partial charge is 0.467 e. The fourth-order valence-corrected chi connectivity index (χ4v) is 3.97. The molecular formula is C23H22N4O4. The summed E-state index contributed by atoms with van der Waals surface area (Å²) in [6, 6.07) is 14.8. The van der Waals surface area contributed by atoms with Crippen molar-refractivity contribution in [2.75, 3.05) is 13.1 Å². The Balaban J connectivity index is 1.18. The SMILES string of the molecule is O=C(NCc1ccco1)c1cc(C2CCN(C(=O)c3cc4ccccc4o3)CC2)[nH]n1. The van der Waals surface area contributed by atoms with E-state index < -0.39 is 0 Å². The van der Waals surface area contributed by atoms with Gasteiger partial charge in [-0.15, -0.1) is 0 Å². The maximum Gasteiger partial charge on any atom is 0.289 e. The third-order valence-corrected chi connectivity index (χ3v) is 5.69. The Morgan fingerprint density at radius 3 is 2.74 bits per heavy atom. The van der Waals surface area contributed by atoms with Gasteiger partial charge in [-0.05, 0) is 43.2 Å². The smallest absolute Gasteiger partial charge is 0.289 e. The van der Waals surface area contributed by atoms with Gasteiger partial charge in [0.05, 0.1) is 12.8 Å². The first-order valence-electron chi connectivity index (χ1n) is 10.3. The maximum absolute atomic E-state index is 12.8. The predicted molar refractivity (Wildman–Crippen MR) is 113 cm³/mol. The number of piperidine rings is 1. The predicted octanol–water partition coefficient (Wildman–Crippen LogP) is 3.70. The van der Waals surface area contributed by atoms with Crippen molar-refractivity contribution < 1.29 is 18.4 Å². The summed E-state index contributed by atoms with van der Waals surface area (Å²) in [5.74, 6) is 0.940. The van der Waals surface area contributed by atoms with E-state index in [2.05, 4.69) is 15.5 Å². The topological polar surface area (TPSA) is 104 Å². The van der Waals surface area contributed by atoms with Crippen molar-refractivity contribution >= 4 is 22.8 Å². The van der Waals surface area contributed by atoms with Crippen LogP contribution in [-0.4, -0.2) is 40.0 Å². The molecule has 0 aliphatic carbocycles. The highest BCUT2D eigenvalue weighted by Crippen LogP contribution is 2.29. The highest BCUT2D eigenvalue weighted by atomic mass is 16.3. The Labute approximate surface area is 178 Å². The lowest BCUT2D eigenvalue weighted by molar-refractivity contribution is 0.0682. The second-order valence-electron chi connectivity index (χ2n) is 7.69. The van der Waals surface area contributed by atoms with Gasteiger partial charge in [0.25, 0.3) is 11.8 Å². The number of fused-ring (bicyclic) bond motifs is 1. The van der Waals surface area contributed by atoms with E-state index in [4.69, 9.17) is 8.83 Å². The number of aromatic nitrogens is 2. The van der Waals surface area contributed by atoms with Gasteiger partial charge >= 0.3 is 0 Å². The number of H-pyrrole nitrogens is 1. The number of nitrogens with one attached hydrogen (secondary N) is 2. The number of rotatable bonds is 5. The van der Waals surface area contributed by atoms with Crippen molar-refractivity contribution in [1.29, 1.82) is 0 Å². The molecule has 5 rings (SSSR count). The van der Waals surface area contributed by atoms with Crippen LogP contribution in [0.25, 0.3) is 11.0 Å². The Kier molecular flexibility index (Phi) is 5.03. The van der Waals surface area contributed by atoms with Crippen molar-refractivity contribution in [2.45, 2.75) is 25.3 Å². The summed E-state index contributed by atoms with van der Waals surface area (Å²) in [4.78, 5) is 27.0. The molecule has 2 amide bonds. The summed E-state index contributed by atoms with van der Waals surface area (Å²) < 4.78 is 10.9. The highest BCUT2D eigenvalue weighted by molar-refractivity contribution is 5.96. The molecule has 1 fully saturated rings. The second kappa shape index (κ2) is 8.14. The molecule has 158 valence electrons. The van der Waals surface area contributed by atoms with E-state index in [1.165, 1.54) is 0 Å². The first kappa shape index (κ1) is 19.2. The zero-order valence-corrected chi connectivity index (χ0v) is 16.8. The standard InChI is InChI=1S/C23H22N4O4/c28-22(24-14-17-5-3-11-30-17)19-13-18(25-26-19)15-7-9-27(10-8-15)23(29)21-12-16-4-1-2-6-20(16)31-21/h1-6,11-13,15H,7-10,14H2,(H,24,28)(H,25,26). The minimum atomic E-state index is -0.253. The van der Waals surface area contributed by atoms with Gasteiger partial charge in [0.1, 0.15) is 17.0 Å². The fourth-order valence-electron chi connectivity index (χ4n) is 3.97. The van der Waals surface area contributed by atoms with E-state index in [9.17, 15) is 9.59 Å². The van der Waals surface area contributed by atoms with E-state index in [1.807, 2.05) is 29.2 Å². The Morgan fingerprint density at radius 1 is 1.13 bits per heavy atom. The number of hydrogen-bond acceptors (Lipinski definition) is 5. The van der Waals surface area contributed by atoms with Crippen LogP contribution in [0.3, 0.4) is 0 Å². The molecule has 0 radical (unpaired) electrons. The van der Waals surface area contributed by atoms with Crippen LogP contribution in [0.4, 0.5) is 0 Å². The second-order valence-corrected chi connectivity index (χ2v) is 7.69. The molecule has 31 heavy (non-hydrogen) atoms. The van der Waals surface area contributed by atoms with Crippen LogP contribution in [0.1, 0.15) is 51.3 Å². The lowest BCUT2D eigenvalue weighted by atomic mass is 9.93. The average Bonchev–Trinajstić information content (AvgIpc) is 3.57. The molecule has 1 saturated heterocycles. The van der Waals surface area contributed by atoms with Gasteiger partial charge in [0.2, 0.25) is 0 Å². The Hall–Kier alpha value is -3.81. The summed E-state index contributed by atoms with van der Waals surface area (Å²) in [6.07, 6.45) is 3.16. The van der Waals surface area contributed by atoms with Gasteiger partial charge in [-0.2, -0.15) is 5.10 Å². The van der Waals surface area contributed by atoms with Crippen LogP contribution in [0.5, 0.6) is 0 Å². The van der Waals surface area contributed by atoms with E-state index in [0.717, 1.165) is 29.5 Å². The van der Waals surface area contributed by atoms with Crippen molar-refractivity contribution in [1.82, 2.24) is 20.4 Å². The minimum absolute atomic E-state index is 0.0859. The van der Waals surface area contributed by atoms with Gasteiger partial charge in [0.15, 0.2) is 5.76 Å². The van der Waals surface area contributed by atoms with Crippen LogP contribution < -0.4 is 5.32 Å². The first-order chi connectivity index (χ1) is 15.2. The maximum atomic E-state index is 12.8. The van der Waals surface area contributed by atoms with E-state index in [0.29, 0.717) is 36.8 Å². The molecule has 0 spiro atoms. The van der Waals surface area contributed by atoms with Gasteiger partial charge in [0, 0.05) is 30.1 Å². The number of hydrogen-bond donors (Lipinski definition) is 2. The van der Waals surface area contributed by atoms with E-state index in [1.54, 1.807) is 30.5 Å². The van der Waals surface area contributed by atoms with E-state index in [-0.39, 0.29) is 17.7 Å². The Bertz CT molecular complexity index is 1170. The number of para-hydroxylation sites is 1. The number of amides is 2. The molecule has 4 heterocycles. The summed E-state index contributed by atoms with van der Waals surface area (Å²) in [5, 5.41) is 10.9. The van der Waals surface area contributed by atoms with Gasteiger partial charge in [-0.3, -0.25) is 14.7 Å². The summed E-state index contributed by atoms with van der Waals surface area (Å²) in [5.41, 5.74) is 1.98. The molecule has 8 nitrogen and oxygen atoms in total. The van der Waals surface area contributed by atoms with Crippen LogP contribution in [0.15, 0.2) is 63.6 Å². The molecule has 2 N–H and O–H groups in total. The van der Waals surface area contributed by atoms with Gasteiger partial charge < -0.3 is 19.1 Å². The zero-order chi connectivity index (χ0) is 21.2. The Morgan fingerprint density at radius 2 is 1.97 bits per heavy atom. The third-order valence-electron chi connectivity index (χ3n) is 5.69. The normalized spacial score (nSPS) is 14.8. The molecule has 0 unspecified atom stereocenters. The number of nitrogens with zero attached hydrogens (tertiary/aromatic N) is 2. The number of furan rings is 2. The zero-order valence-electron chi connectivity index (χ0n) is 16.8. The molecule has 1 aromatic carbocycles. The van der Waals surface area contributed by atoms with Crippen molar-refractivity contribution in [2.24, 2.45) is 0 Å². The lowest BCUT2D eigenvalue weighted by Gasteiger charge is -2.30. The average molecular weight is 418 g/mol. The first-order valence-corrected chi connectivity index (χ1v) is 10.3. The molecule has 0 saturated carbocycles. The molecule has 0 bridgehead atoms. The quantitative estimate of drug-likeness (QED) is 0.514. The number of carbonyl (C=O) groups is 2. The number of aromatic amines is 1. The summed E-state index contributed by atoms with van der Waals surface area (Å²) >= 11 is 0. The van der Waals surface area contributed by atoms with Crippen molar-refractivity contribution in [3.05, 3.63) is 77.7 Å². The number of carbonyl (C=O) groups excluding carboxylic acids is 2. The molecule has 1 aliphatic rings. The third kappa shape index (κ3) is 3.96. The molecular weight excluding hydrogens is 396 g/mol. The molecule has 4 aromatic rings. The van der Waals surface area contributed by atoms with Gasteiger partial charge in [-0.1, -0.05) is 18.2 Å². The summed E-state index contributed by atoms with van der Waals surface area (Å²) in [6.45, 7) is 1.56.